The summed E-state index contributed by atoms with van der Waals surface area (Å²) >= 11 is 7.42. The summed E-state index contributed by atoms with van der Waals surface area (Å²) in [6.45, 7) is 1.90. The molecule has 3 fully saturated rings. The Morgan fingerprint density at radius 1 is 1.41 bits per heavy atom. The average Bonchev–Trinajstić information content (AvgIpc) is 3.34. The number of allylic oxidation sites excluding steroid dienone is 3. The zero-order chi connectivity index (χ0) is 19.2. The van der Waals surface area contributed by atoms with Gasteiger partial charge in [0.1, 0.15) is 5.50 Å². The van der Waals surface area contributed by atoms with Crippen LogP contribution in [0.3, 0.4) is 0 Å². The molecule has 7 nitrogen and oxygen atoms in total. The van der Waals surface area contributed by atoms with E-state index in [0.717, 1.165) is 29.5 Å². The Balaban J connectivity index is 1.55. The molecule has 3 N–H and O–H groups in total. The highest BCUT2D eigenvalue weighted by atomic mass is 35.5. The second-order valence-electron chi connectivity index (χ2n) is 7.30. The van der Waals surface area contributed by atoms with Crippen LogP contribution < -0.4 is 16.0 Å². The SMILES string of the molecule is CNC(=O)N1CC[C@@]2(C1)CN(C(=O)NC1NCC(F)S1)C1=CCC(Cl)C=C12. The van der Waals surface area contributed by atoms with Gasteiger partial charge in [0.15, 0.2) is 5.50 Å². The summed E-state index contributed by atoms with van der Waals surface area (Å²) in [5, 5.41) is 8.35. The zero-order valence-electron chi connectivity index (χ0n) is 15.0. The van der Waals surface area contributed by atoms with E-state index in [0.29, 0.717) is 26.1 Å². The van der Waals surface area contributed by atoms with Gasteiger partial charge in [-0.05, 0) is 18.4 Å². The standard InChI is InChI=1S/C17H23ClFN5O2S/c1-20-15(25)23-5-4-17(8-23)9-24(12-3-2-10(18)6-11(12)17)16(26)22-14-21-7-13(19)27-14/h3,6,10,13-14,21H,2,4-5,7-9H2,1H3,(H,20,25)(H,22,26)/t10?,13?,14?,17-/m1/s1. The van der Waals surface area contributed by atoms with Crippen LogP contribution in [0.4, 0.5) is 14.0 Å². The molecule has 3 aliphatic heterocycles. The van der Waals surface area contributed by atoms with Gasteiger partial charge in [-0.25, -0.2) is 14.0 Å². The van der Waals surface area contributed by atoms with Crippen molar-refractivity contribution >= 4 is 35.4 Å². The number of rotatable bonds is 1. The number of fused-ring (bicyclic) bond motifs is 2. The van der Waals surface area contributed by atoms with Gasteiger partial charge in [-0.3, -0.25) is 10.2 Å². The van der Waals surface area contributed by atoms with Crippen molar-refractivity contribution in [2.45, 2.75) is 29.2 Å². The van der Waals surface area contributed by atoms with Crippen LogP contribution in [-0.4, -0.2) is 71.5 Å². The average molecular weight is 416 g/mol. The number of hydrogen-bond donors (Lipinski definition) is 3. The van der Waals surface area contributed by atoms with Gasteiger partial charge in [-0.15, -0.1) is 11.6 Å². The Labute approximate surface area is 166 Å². The molecular formula is C17H23ClFN5O2S. The van der Waals surface area contributed by atoms with Crippen molar-refractivity contribution in [3.8, 4) is 0 Å². The molecule has 1 aliphatic carbocycles. The van der Waals surface area contributed by atoms with Crippen LogP contribution >= 0.6 is 23.4 Å². The number of carbonyl (C=O) groups excluding carboxylic acids is 2. The third-order valence-corrected chi connectivity index (χ3v) is 6.91. The van der Waals surface area contributed by atoms with E-state index in [-0.39, 0.29) is 29.4 Å². The number of hydrogen-bond acceptors (Lipinski definition) is 4. The third-order valence-electron chi connectivity index (χ3n) is 5.58. The molecule has 4 amide bonds. The highest BCUT2D eigenvalue weighted by Gasteiger charge is 2.52. The Morgan fingerprint density at radius 2 is 2.22 bits per heavy atom. The van der Waals surface area contributed by atoms with E-state index >= 15 is 0 Å². The normalized spacial score (nSPS) is 35.1. The lowest BCUT2D eigenvalue weighted by Crippen LogP contribution is -2.47. The molecule has 4 atom stereocenters. The number of likely N-dealkylation sites (tertiary alicyclic amines) is 2. The predicted octanol–water partition coefficient (Wildman–Crippen LogP) is 1.78. The monoisotopic (exact) mass is 415 g/mol. The van der Waals surface area contributed by atoms with Crippen molar-refractivity contribution in [1.82, 2.24) is 25.8 Å². The molecule has 148 valence electrons. The molecule has 1 spiro atoms. The molecule has 27 heavy (non-hydrogen) atoms. The summed E-state index contributed by atoms with van der Waals surface area (Å²) in [6.07, 6.45) is 5.46. The van der Waals surface area contributed by atoms with E-state index in [2.05, 4.69) is 16.0 Å². The smallest absolute Gasteiger partial charge is 0.323 e. The molecule has 3 unspecified atom stereocenters. The van der Waals surface area contributed by atoms with Crippen LogP contribution in [0.15, 0.2) is 23.4 Å². The third kappa shape index (κ3) is 3.40. The summed E-state index contributed by atoms with van der Waals surface area (Å²) in [5.74, 6) is 0. The molecule has 0 aromatic heterocycles. The number of amides is 4. The summed E-state index contributed by atoms with van der Waals surface area (Å²) in [4.78, 5) is 28.5. The van der Waals surface area contributed by atoms with Crippen molar-refractivity contribution in [2.75, 3.05) is 33.2 Å². The molecule has 0 radical (unpaired) electrons. The van der Waals surface area contributed by atoms with Crippen LogP contribution in [-0.2, 0) is 0 Å². The minimum absolute atomic E-state index is 0.111. The molecule has 3 heterocycles. The molecule has 3 saturated heterocycles. The second kappa shape index (κ2) is 7.18. The first-order valence-corrected chi connectivity index (χ1v) is 10.4. The minimum Gasteiger partial charge on any atom is -0.341 e. The summed E-state index contributed by atoms with van der Waals surface area (Å²) in [6, 6.07) is -0.366. The number of urea groups is 2. The van der Waals surface area contributed by atoms with Crippen LogP contribution in [0.25, 0.3) is 0 Å². The Morgan fingerprint density at radius 3 is 2.93 bits per heavy atom. The predicted molar refractivity (Wildman–Crippen MR) is 103 cm³/mol. The Bertz CT molecular complexity index is 719. The molecule has 0 aromatic carbocycles. The van der Waals surface area contributed by atoms with Gasteiger partial charge in [0.2, 0.25) is 0 Å². The topological polar surface area (TPSA) is 76.7 Å². The van der Waals surface area contributed by atoms with Crippen LogP contribution in [0.1, 0.15) is 12.8 Å². The van der Waals surface area contributed by atoms with Crippen molar-refractivity contribution in [2.24, 2.45) is 5.41 Å². The summed E-state index contributed by atoms with van der Waals surface area (Å²) in [5.41, 5.74) is 0.154. The molecule has 4 rings (SSSR count). The number of nitrogens with one attached hydrogen (secondary N) is 3. The number of carbonyl (C=O) groups is 2. The van der Waals surface area contributed by atoms with Gasteiger partial charge in [0, 0.05) is 44.3 Å². The largest absolute Gasteiger partial charge is 0.341 e. The fraction of sp³-hybridized carbons (Fsp3) is 0.647. The minimum atomic E-state index is -1.02. The Hall–Kier alpha value is -1.45. The van der Waals surface area contributed by atoms with Gasteiger partial charge >= 0.3 is 12.1 Å². The molecule has 10 heteroatoms. The van der Waals surface area contributed by atoms with E-state index in [1.807, 2.05) is 12.2 Å². The molecule has 0 saturated carbocycles. The number of halogens is 2. The maximum atomic E-state index is 13.4. The summed E-state index contributed by atoms with van der Waals surface area (Å²) in [7, 11) is 1.62. The zero-order valence-corrected chi connectivity index (χ0v) is 16.6. The van der Waals surface area contributed by atoms with Crippen molar-refractivity contribution in [3.05, 3.63) is 23.4 Å². The fourth-order valence-corrected chi connectivity index (χ4v) is 5.36. The fourth-order valence-electron chi connectivity index (χ4n) is 4.30. The van der Waals surface area contributed by atoms with Gasteiger partial charge < -0.3 is 15.5 Å². The second-order valence-corrected chi connectivity index (χ2v) is 9.11. The first-order chi connectivity index (χ1) is 12.9. The van der Waals surface area contributed by atoms with Gasteiger partial charge in [0.05, 0.1) is 5.38 Å². The van der Waals surface area contributed by atoms with Gasteiger partial charge in [-0.1, -0.05) is 23.9 Å². The van der Waals surface area contributed by atoms with E-state index < -0.39 is 11.0 Å². The Kier molecular flexibility index (Phi) is 5.02. The lowest BCUT2D eigenvalue weighted by Gasteiger charge is -2.26. The maximum Gasteiger partial charge on any atom is 0.323 e. The molecular weight excluding hydrogens is 393 g/mol. The van der Waals surface area contributed by atoms with E-state index in [1.54, 1.807) is 16.8 Å². The number of thioether (sulfide) groups is 1. The number of nitrogens with zero attached hydrogens (tertiary/aromatic N) is 2. The van der Waals surface area contributed by atoms with E-state index in [1.165, 1.54) is 0 Å². The van der Waals surface area contributed by atoms with Gasteiger partial charge in [-0.2, -0.15) is 0 Å². The molecule has 0 aromatic rings. The van der Waals surface area contributed by atoms with Crippen molar-refractivity contribution < 1.29 is 14.0 Å². The van der Waals surface area contributed by atoms with Crippen LogP contribution in [0, 0.1) is 5.41 Å². The lowest BCUT2D eigenvalue weighted by molar-refractivity contribution is 0.198. The highest BCUT2D eigenvalue weighted by Crippen LogP contribution is 2.50. The van der Waals surface area contributed by atoms with E-state index in [4.69, 9.17) is 11.6 Å². The molecule has 4 aliphatic rings. The van der Waals surface area contributed by atoms with Crippen molar-refractivity contribution in [1.29, 1.82) is 0 Å². The van der Waals surface area contributed by atoms with Crippen molar-refractivity contribution in [3.63, 3.8) is 0 Å². The first-order valence-electron chi connectivity index (χ1n) is 9.06. The maximum absolute atomic E-state index is 13.4. The first kappa shape index (κ1) is 18.9. The quantitative estimate of drug-likeness (QED) is 0.570. The van der Waals surface area contributed by atoms with Gasteiger partial charge in [0.25, 0.3) is 0 Å². The highest BCUT2D eigenvalue weighted by molar-refractivity contribution is 8.00. The van der Waals surface area contributed by atoms with Crippen LogP contribution in [0.5, 0.6) is 0 Å². The van der Waals surface area contributed by atoms with Crippen LogP contribution in [0.2, 0.25) is 0 Å². The molecule has 0 bridgehead atoms. The number of alkyl halides is 2. The van der Waals surface area contributed by atoms with E-state index in [9.17, 15) is 14.0 Å². The lowest BCUT2D eigenvalue weighted by atomic mass is 9.79. The summed E-state index contributed by atoms with van der Waals surface area (Å²) < 4.78 is 13.4.